The van der Waals surface area contributed by atoms with Gasteiger partial charge in [0.15, 0.2) is 0 Å². The minimum atomic E-state index is -0.357. The molecule has 1 fully saturated rings. The Morgan fingerprint density at radius 2 is 2.00 bits per heavy atom. The van der Waals surface area contributed by atoms with E-state index in [0.29, 0.717) is 12.0 Å². The number of benzene rings is 1. The number of hydrogen-bond donors (Lipinski definition) is 1. The first-order valence-electron chi connectivity index (χ1n) is 7.05. The molecule has 0 aliphatic heterocycles. The number of aryl methyl sites for hydroxylation is 1. The van der Waals surface area contributed by atoms with Crippen LogP contribution in [0.3, 0.4) is 0 Å². The molecule has 1 aliphatic rings. The fraction of sp³-hybridized carbons (Fsp3) is 0.625. The standard InChI is InChI=1S/C16H25NO/c1-12(2)10-17(15-7-8-15)11-16(18)14-6-4-5-13(3)9-14/h4-6,9,12,15-16,18H,7-8,10-11H2,1-3H3. The molecule has 0 heterocycles. The molecular weight excluding hydrogens is 222 g/mol. The highest BCUT2D eigenvalue weighted by Gasteiger charge is 2.30. The van der Waals surface area contributed by atoms with Gasteiger partial charge in [-0.15, -0.1) is 0 Å². The monoisotopic (exact) mass is 247 g/mol. The minimum absolute atomic E-state index is 0.357. The van der Waals surface area contributed by atoms with Crippen LogP contribution in [0.5, 0.6) is 0 Å². The average Bonchev–Trinajstić information content (AvgIpc) is 3.11. The van der Waals surface area contributed by atoms with Crippen molar-refractivity contribution in [3.63, 3.8) is 0 Å². The Bertz CT molecular complexity index is 384. The van der Waals surface area contributed by atoms with Crippen molar-refractivity contribution >= 4 is 0 Å². The van der Waals surface area contributed by atoms with Crippen LogP contribution in [0.2, 0.25) is 0 Å². The number of aliphatic hydroxyl groups excluding tert-OH is 1. The first kappa shape index (κ1) is 13.6. The van der Waals surface area contributed by atoms with Gasteiger partial charge in [0.05, 0.1) is 6.10 Å². The van der Waals surface area contributed by atoms with Gasteiger partial charge in [-0.2, -0.15) is 0 Å². The predicted octanol–water partition coefficient (Wildman–Crippen LogP) is 3.15. The van der Waals surface area contributed by atoms with E-state index >= 15 is 0 Å². The van der Waals surface area contributed by atoms with Crippen LogP contribution in [-0.4, -0.2) is 29.1 Å². The molecule has 0 spiro atoms. The third kappa shape index (κ3) is 3.82. The van der Waals surface area contributed by atoms with Gasteiger partial charge in [-0.3, -0.25) is 4.90 Å². The summed E-state index contributed by atoms with van der Waals surface area (Å²) in [5.74, 6) is 0.662. The maximum atomic E-state index is 10.4. The second-order valence-electron chi connectivity index (χ2n) is 6.01. The highest BCUT2D eigenvalue weighted by Crippen LogP contribution is 2.29. The van der Waals surface area contributed by atoms with E-state index in [1.807, 2.05) is 12.1 Å². The van der Waals surface area contributed by atoms with Crippen LogP contribution in [0.4, 0.5) is 0 Å². The third-order valence-corrected chi connectivity index (χ3v) is 3.50. The van der Waals surface area contributed by atoms with Crippen LogP contribution in [0, 0.1) is 12.8 Å². The van der Waals surface area contributed by atoms with Gasteiger partial charge in [0.1, 0.15) is 0 Å². The second-order valence-corrected chi connectivity index (χ2v) is 6.01. The molecule has 2 rings (SSSR count). The summed E-state index contributed by atoms with van der Waals surface area (Å²) in [4.78, 5) is 2.46. The molecule has 0 amide bonds. The van der Waals surface area contributed by atoms with Gasteiger partial charge in [-0.1, -0.05) is 43.7 Å². The van der Waals surface area contributed by atoms with E-state index in [1.54, 1.807) is 0 Å². The molecule has 2 heteroatoms. The van der Waals surface area contributed by atoms with Gasteiger partial charge in [-0.05, 0) is 31.2 Å². The van der Waals surface area contributed by atoms with Crippen molar-refractivity contribution in [1.82, 2.24) is 4.90 Å². The normalized spacial score (nSPS) is 17.4. The molecule has 100 valence electrons. The Balaban J connectivity index is 1.97. The van der Waals surface area contributed by atoms with Crippen LogP contribution in [0.15, 0.2) is 24.3 Å². The topological polar surface area (TPSA) is 23.5 Å². The van der Waals surface area contributed by atoms with Crippen LogP contribution < -0.4 is 0 Å². The number of aliphatic hydroxyl groups is 1. The van der Waals surface area contributed by atoms with Crippen molar-refractivity contribution in [1.29, 1.82) is 0 Å². The average molecular weight is 247 g/mol. The fourth-order valence-corrected chi connectivity index (χ4v) is 2.49. The maximum absolute atomic E-state index is 10.4. The van der Waals surface area contributed by atoms with Gasteiger partial charge in [0.25, 0.3) is 0 Å². The van der Waals surface area contributed by atoms with E-state index in [2.05, 4.69) is 37.8 Å². The van der Waals surface area contributed by atoms with Gasteiger partial charge in [0.2, 0.25) is 0 Å². The highest BCUT2D eigenvalue weighted by molar-refractivity contribution is 5.24. The van der Waals surface area contributed by atoms with Crippen molar-refractivity contribution in [2.45, 2.75) is 45.8 Å². The van der Waals surface area contributed by atoms with Gasteiger partial charge < -0.3 is 5.11 Å². The Morgan fingerprint density at radius 1 is 1.28 bits per heavy atom. The third-order valence-electron chi connectivity index (χ3n) is 3.50. The zero-order chi connectivity index (χ0) is 13.1. The lowest BCUT2D eigenvalue weighted by atomic mass is 10.1. The Labute approximate surface area is 111 Å². The van der Waals surface area contributed by atoms with E-state index < -0.39 is 0 Å². The van der Waals surface area contributed by atoms with Crippen LogP contribution in [0.25, 0.3) is 0 Å². The molecule has 0 radical (unpaired) electrons. The van der Waals surface area contributed by atoms with E-state index in [0.717, 1.165) is 18.7 Å². The fourth-order valence-electron chi connectivity index (χ4n) is 2.49. The summed E-state index contributed by atoms with van der Waals surface area (Å²) in [5.41, 5.74) is 2.26. The molecule has 1 aromatic rings. The zero-order valence-corrected chi connectivity index (χ0v) is 11.8. The molecule has 0 aromatic heterocycles. The minimum Gasteiger partial charge on any atom is -0.387 e. The number of rotatable bonds is 6. The molecule has 0 bridgehead atoms. The van der Waals surface area contributed by atoms with Crippen molar-refractivity contribution in [3.8, 4) is 0 Å². The summed E-state index contributed by atoms with van der Waals surface area (Å²) in [6.07, 6.45) is 2.24. The SMILES string of the molecule is Cc1cccc(C(O)CN(CC(C)C)C2CC2)c1. The summed E-state index contributed by atoms with van der Waals surface area (Å²) < 4.78 is 0. The summed E-state index contributed by atoms with van der Waals surface area (Å²) in [7, 11) is 0. The smallest absolute Gasteiger partial charge is 0.0917 e. The Kier molecular flexibility index (Phi) is 4.41. The van der Waals surface area contributed by atoms with Crippen molar-refractivity contribution < 1.29 is 5.11 Å². The van der Waals surface area contributed by atoms with E-state index in [1.165, 1.54) is 18.4 Å². The number of hydrogen-bond acceptors (Lipinski definition) is 2. The molecule has 1 aliphatic carbocycles. The summed E-state index contributed by atoms with van der Waals surface area (Å²) in [6.45, 7) is 8.42. The molecule has 1 unspecified atom stereocenters. The molecule has 0 saturated heterocycles. The van der Waals surface area contributed by atoms with Crippen molar-refractivity contribution in [2.75, 3.05) is 13.1 Å². The summed E-state index contributed by atoms with van der Waals surface area (Å²) in [5, 5.41) is 10.4. The lowest BCUT2D eigenvalue weighted by Crippen LogP contribution is -2.34. The Morgan fingerprint density at radius 3 is 2.56 bits per heavy atom. The lowest BCUT2D eigenvalue weighted by molar-refractivity contribution is 0.101. The number of nitrogens with zero attached hydrogens (tertiary/aromatic N) is 1. The molecule has 18 heavy (non-hydrogen) atoms. The van der Waals surface area contributed by atoms with Crippen molar-refractivity contribution in [2.24, 2.45) is 5.92 Å². The largest absolute Gasteiger partial charge is 0.387 e. The molecular formula is C16H25NO. The first-order chi connectivity index (χ1) is 8.56. The van der Waals surface area contributed by atoms with Crippen molar-refractivity contribution in [3.05, 3.63) is 35.4 Å². The second kappa shape index (κ2) is 5.85. The van der Waals surface area contributed by atoms with Crippen LogP contribution in [0.1, 0.15) is 43.9 Å². The predicted molar refractivity (Wildman–Crippen MR) is 75.6 cm³/mol. The van der Waals surface area contributed by atoms with Crippen LogP contribution >= 0.6 is 0 Å². The summed E-state index contributed by atoms with van der Waals surface area (Å²) in [6, 6.07) is 8.93. The van der Waals surface area contributed by atoms with Gasteiger partial charge >= 0.3 is 0 Å². The molecule has 1 saturated carbocycles. The Hall–Kier alpha value is -0.860. The summed E-state index contributed by atoms with van der Waals surface area (Å²) >= 11 is 0. The molecule has 2 nitrogen and oxygen atoms in total. The van der Waals surface area contributed by atoms with E-state index in [-0.39, 0.29) is 6.10 Å². The van der Waals surface area contributed by atoms with Crippen LogP contribution in [-0.2, 0) is 0 Å². The highest BCUT2D eigenvalue weighted by atomic mass is 16.3. The van der Waals surface area contributed by atoms with Gasteiger partial charge in [-0.25, -0.2) is 0 Å². The first-order valence-corrected chi connectivity index (χ1v) is 7.05. The molecule has 1 N–H and O–H groups in total. The molecule has 1 atom stereocenters. The van der Waals surface area contributed by atoms with E-state index in [9.17, 15) is 5.11 Å². The lowest BCUT2D eigenvalue weighted by Gasteiger charge is -2.26. The van der Waals surface area contributed by atoms with Gasteiger partial charge in [0, 0.05) is 19.1 Å². The quantitative estimate of drug-likeness (QED) is 0.834. The molecule has 1 aromatic carbocycles. The van der Waals surface area contributed by atoms with E-state index in [4.69, 9.17) is 0 Å². The zero-order valence-electron chi connectivity index (χ0n) is 11.8. The maximum Gasteiger partial charge on any atom is 0.0917 e.